The zero-order chi connectivity index (χ0) is 13.1. The zero-order valence-corrected chi connectivity index (χ0v) is 9.48. The van der Waals surface area contributed by atoms with Gasteiger partial charge in [-0.3, -0.25) is 14.9 Å². The Hall–Kier alpha value is -2.18. The van der Waals surface area contributed by atoms with E-state index in [0.717, 1.165) is 18.6 Å². The van der Waals surface area contributed by atoms with E-state index in [9.17, 15) is 19.3 Å². The van der Waals surface area contributed by atoms with Gasteiger partial charge in [-0.05, 0) is 18.9 Å². The topological polar surface area (TPSA) is 84.3 Å². The molecule has 1 amide bonds. The minimum Gasteiger partial charge on any atom is -0.373 e. The van der Waals surface area contributed by atoms with Crippen molar-refractivity contribution >= 4 is 17.3 Å². The van der Waals surface area contributed by atoms with Crippen molar-refractivity contribution in [1.82, 2.24) is 5.32 Å². The van der Waals surface area contributed by atoms with Crippen LogP contribution >= 0.6 is 0 Å². The summed E-state index contributed by atoms with van der Waals surface area (Å²) in [5, 5.41) is 16.1. The maximum absolute atomic E-state index is 13.2. The molecule has 1 saturated heterocycles. The first-order valence-electron chi connectivity index (χ1n) is 5.55. The molecule has 0 spiro atoms. The predicted molar refractivity (Wildman–Crippen MR) is 62.7 cm³/mol. The van der Waals surface area contributed by atoms with Crippen LogP contribution in [0, 0.1) is 15.9 Å². The Labute approximate surface area is 102 Å². The number of hydrogen-bond donors (Lipinski definition) is 2. The van der Waals surface area contributed by atoms with Crippen molar-refractivity contribution in [2.24, 2.45) is 0 Å². The minimum absolute atomic E-state index is 0.173. The number of nitrogens with zero attached hydrogens (tertiary/aromatic N) is 1. The van der Waals surface area contributed by atoms with Crippen molar-refractivity contribution < 1.29 is 14.1 Å². The van der Waals surface area contributed by atoms with Crippen LogP contribution in [0.2, 0.25) is 0 Å². The number of non-ortho nitro benzene ring substituents is 1. The second kappa shape index (κ2) is 4.99. The van der Waals surface area contributed by atoms with E-state index >= 15 is 0 Å². The van der Waals surface area contributed by atoms with Crippen LogP contribution in [0.25, 0.3) is 0 Å². The third kappa shape index (κ3) is 2.73. The van der Waals surface area contributed by atoms with E-state index in [1.54, 1.807) is 0 Å². The molecule has 6 nitrogen and oxygen atoms in total. The molecule has 2 rings (SSSR count). The molecule has 1 aliphatic heterocycles. The Balaban J connectivity index is 2.17. The number of carbonyl (C=O) groups excluding carboxylic acids is 1. The Bertz CT molecular complexity index is 492. The van der Waals surface area contributed by atoms with Gasteiger partial charge in [-0.1, -0.05) is 0 Å². The molecule has 0 radical (unpaired) electrons. The van der Waals surface area contributed by atoms with E-state index in [0.29, 0.717) is 13.0 Å². The number of nitrogens with one attached hydrogen (secondary N) is 2. The number of anilines is 1. The van der Waals surface area contributed by atoms with Crippen LogP contribution in [-0.4, -0.2) is 23.4 Å². The largest absolute Gasteiger partial charge is 0.373 e. The van der Waals surface area contributed by atoms with Gasteiger partial charge in [0.25, 0.3) is 5.69 Å². The van der Waals surface area contributed by atoms with Crippen molar-refractivity contribution in [1.29, 1.82) is 0 Å². The third-order valence-corrected chi connectivity index (χ3v) is 2.72. The zero-order valence-electron chi connectivity index (χ0n) is 9.48. The molecule has 18 heavy (non-hydrogen) atoms. The van der Waals surface area contributed by atoms with Crippen LogP contribution in [0.15, 0.2) is 18.2 Å². The monoisotopic (exact) mass is 253 g/mol. The fourth-order valence-electron chi connectivity index (χ4n) is 1.87. The van der Waals surface area contributed by atoms with Crippen molar-refractivity contribution in [3.63, 3.8) is 0 Å². The van der Waals surface area contributed by atoms with Gasteiger partial charge in [0, 0.05) is 18.3 Å². The van der Waals surface area contributed by atoms with E-state index in [-0.39, 0.29) is 17.3 Å². The summed E-state index contributed by atoms with van der Waals surface area (Å²) in [5.74, 6) is -0.879. The average Bonchev–Trinajstić information content (AvgIpc) is 2.31. The number of amides is 1. The number of nitro benzene ring substituents is 1. The summed E-state index contributed by atoms with van der Waals surface area (Å²) in [6.07, 6.45) is 1.44. The van der Waals surface area contributed by atoms with Crippen LogP contribution in [0.1, 0.15) is 12.8 Å². The highest BCUT2D eigenvalue weighted by Gasteiger charge is 2.22. The predicted octanol–water partition coefficient (Wildman–Crippen LogP) is 1.42. The third-order valence-electron chi connectivity index (χ3n) is 2.72. The molecule has 1 aromatic carbocycles. The maximum atomic E-state index is 13.2. The summed E-state index contributed by atoms with van der Waals surface area (Å²) in [4.78, 5) is 21.4. The fourth-order valence-corrected chi connectivity index (χ4v) is 1.87. The van der Waals surface area contributed by atoms with Crippen LogP contribution in [-0.2, 0) is 4.79 Å². The SMILES string of the molecule is O=C1NCCCC1Nc1cc(F)cc([N+](=O)[O-])c1. The standard InChI is InChI=1S/C11H12FN3O3/c12-7-4-8(6-9(5-7)15(17)18)14-10-2-1-3-13-11(10)16/h4-6,10,14H,1-3H2,(H,13,16). The summed E-state index contributed by atoms with van der Waals surface area (Å²) in [5.41, 5.74) is -0.0996. The lowest BCUT2D eigenvalue weighted by Gasteiger charge is -2.23. The quantitative estimate of drug-likeness (QED) is 0.630. The van der Waals surface area contributed by atoms with Gasteiger partial charge < -0.3 is 10.6 Å². The van der Waals surface area contributed by atoms with Gasteiger partial charge in [0.1, 0.15) is 11.9 Å². The van der Waals surface area contributed by atoms with Crippen LogP contribution in [0.4, 0.5) is 15.8 Å². The van der Waals surface area contributed by atoms with Gasteiger partial charge in [0.05, 0.1) is 11.0 Å². The first kappa shape index (κ1) is 12.3. The molecule has 1 aliphatic rings. The molecule has 1 fully saturated rings. The molecule has 1 heterocycles. The summed E-state index contributed by atoms with van der Waals surface area (Å²) in [6, 6.07) is 2.71. The van der Waals surface area contributed by atoms with Gasteiger partial charge in [0.15, 0.2) is 0 Å². The molecular weight excluding hydrogens is 241 g/mol. The van der Waals surface area contributed by atoms with Crippen molar-refractivity contribution in [2.75, 3.05) is 11.9 Å². The Morgan fingerprint density at radius 2 is 2.22 bits per heavy atom. The second-order valence-electron chi connectivity index (χ2n) is 4.09. The summed E-state index contributed by atoms with van der Waals surface area (Å²) < 4.78 is 13.2. The first-order chi connectivity index (χ1) is 8.56. The number of piperidine rings is 1. The highest BCUT2D eigenvalue weighted by atomic mass is 19.1. The molecule has 2 N–H and O–H groups in total. The van der Waals surface area contributed by atoms with Crippen LogP contribution in [0.3, 0.4) is 0 Å². The molecule has 0 aromatic heterocycles. The molecule has 96 valence electrons. The van der Waals surface area contributed by atoms with Crippen LogP contribution < -0.4 is 10.6 Å². The summed E-state index contributed by atoms with van der Waals surface area (Å²) in [6.45, 7) is 0.625. The second-order valence-corrected chi connectivity index (χ2v) is 4.09. The molecule has 1 aromatic rings. The van der Waals surface area contributed by atoms with Crippen molar-refractivity contribution in [3.8, 4) is 0 Å². The van der Waals surface area contributed by atoms with E-state index in [1.807, 2.05) is 0 Å². The number of benzene rings is 1. The first-order valence-corrected chi connectivity index (χ1v) is 5.55. The Morgan fingerprint density at radius 1 is 1.44 bits per heavy atom. The Kier molecular flexibility index (Phi) is 3.40. The summed E-state index contributed by atoms with van der Waals surface area (Å²) in [7, 11) is 0. The molecular formula is C11H12FN3O3. The van der Waals surface area contributed by atoms with E-state index < -0.39 is 16.8 Å². The number of carbonyl (C=O) groups is 1. The molecule has 0 aliphatic carbocycles. The number of hydrogen-bond acceptors (Lipinski definition) is 4. The molecule has 7 heteroatoms. The lowest BCUT2D eigenvalue weighted by molar-refractivity contribution is -0.385. The fraction of sp³-hybridized carbons (Fsp3) is 0.364. The smallest absolute Gasteiger partial charge is 0.274 e. The van der Waals surface area contributed by atoms with E-state index in [2.05, 4.69) is 10.6 Å². The Morgan fingerprint density at radius 3 is 2.89 bits per heavy atom. The maximum Gasteiger partial charge on any atom is 0.274 e. The van der Waals surface area contributed by atoms with Gasteiger partial charge in [0.2, 0.25) is 5.91 Å². The number of nitro groups is 1. The lowest BCUT2D eigenvalue weighted by Crippen LogP contribution is -2.44. The highest BCUT2D eigenvalue weighted by molar-refractivity contribution is 5.85. The van der Waals surface area contributed by atoms with Crippen LogP contribution in [0.5, 0.6) is 0 Å². The highest BCUT2D eigenvalue weighted by Crippen LogP contribution is 2.21. The normalized spacial score (nSPS) is 19.2. The molecule has 0 saturated carbocycles. The van der Waals surface area contributed by atoms with Crippen molar-refractivity contribution in [3.05, 3.63) is 34.1 Å². The van der Waals surface area contributed by atoms with Gasteiger partial charge >= 0.3 is 0 Å². The lowest BCUT2D eigenvalue weighted by atomic mass is 10.1. The van der Waals surface area contributed by atoms with Gasteiger partial charge in [-0.15, -0.1) is 0 Å². The minimum atomic E-state index is -0.706. The summed E-state index contributed by atoms with van der Waals surface area (Å²) >= 11 is 0. The van der Waals surface area contributed by atoms with Crippen molar-refractivity contribution in [2.45, 2.75) is 18.9 Å². The molecule has 1 unspecified atom stereocenters. The average molecular weight is 253 g/mol. The van der Waals surface area contributed by atoms with Gasteiger partial charge in [-0.2, -0.15) is 0 Å². The number of rotatable bonds is 3. The molecule has 0 bridgehead atoms. The van der Waals surface area contributed by atoms with Gasteiger partial charge in [-0.25, -0.2) is 4.39 Å². The number of halogens is 1. The van der Waals surface area contributed by atoms with E-state index in [4.69, 9.17) is 0 Å². The van der Waals surface area contributed by atoms with E-state index in [1.165, 1.54) is 6.07 Å². The molecule has 1 atom stereocenters.